The molecule has 0 atom stereocenters. The Morgan fingerprint density at radius 3 is 2.84 bits per heavy atom. The number of nitrogens with zero attached hydrogens (tertiary/aromatic N) is 1. The van der Waals surface area contributed by atoms with E-state index >= 15 is 0 Å². The summed E-state index contributed by atoms with van der Waals surface area (Å²) in [5, 5.41) is 3.47. The van der Waals surface area contributed by atoms with Crippen molar-refractivity contribution in [3.8, 4) is 5.75 Å². The lowest BCUT2D eigenvalue weighted by Crippen LogP contribution is -2.07. The topological polar surface area (TPSA) is 26.2 Å². The van der Waals surface area contributed by atoms with Gasteiger partial charge in [0.1, 0.15) is 5.75 Å². The summed E-state index contributed by atoms with van der Waals surface area (Å²) in [7, 11) is 1.70. The molecule has 102 valence electrons. The van der Waals surface area contributed by atoms with Crippen LogP contribution in [-0.2, 0) is 13.1 Å². The number of benzene rings is 1. The molecular weight excluding hydrogens is 304 g/mol. The predicted molar refractivity (Wildman–Crippen MR) is 82.9 cm³/mol. The highest BCUT2D eigenvalue weighted by molar-refractivity contribution is 9.10. The Labute approximate surface area is 122 Å². The summed E-state index contributed by atoms with van der Waals surface area (Å²) in [5.74, 6) is 0.862. The van der Waals surface area contributed by atoms with Crippen LogP contribution in [0.4, 0.5) is 5.69 Å². The van der Waals surface area contributed by atoms with E-state index in [1.54, 1.807) is 7.11 Å². The van der Waals surface area contributed by atoms with Crippen LogP contribution in [0, 0.1) is 6.92 Å². The minimum atomic E-state index is 0.791. The molecule has 2 aromatic rings. The first kappa shape index (κ1) is 14.0. The summed E-state index contributed by atoms with van der Waals surface area (Å²) in [6, 6.07) is 8.28. The third-order valence-corrected chi connectivity index (χ3v) is 3.65. The zero-order valence-electron chi connectivity index (χ0n) is 11.5. The molecule has 0 aliphatic heterocycles. The molecule has 0 amide bonds. The Morgan fingerprint density at radius 2 is 2.16 bits per heavy atom. The molecule has 2 rings (SSSR count). The maximum atomic E-state index is 5.43. The second-order valence-corrected chi connectivity index (χ2v) is 5.35. The SMILES string of the molecule is CCn1cccc1CNc1c(C)cc(Br)cc1OC. The first-order chi connectivity index (χ1) is 9.15. The molecule has 19 heavy (non-hydrogen) atoms. The van der Waals surface area contributed by atoms with Gasteiger partial charge in [0, 0.05) is 22.9 Å². The molecule has 0 radical (unpaired) electrons. The number of hydrogen-bond acceptors (Lipinski definition) is 2. The van der Waals surface area contributed by atoms with E-state index in [2.05, 4.69) is 64.1 Å². The zero-order valence-corrected chi connectivity index (χ0v) is 13.1. The molecule has 0 saturated heterocycles. The second-order valence-electron chi connectivity index (χ2n) is 4.44. The molecule has 0 aliphatic rings. The summed E-state index contributed by atoms with van der Waals surface area (Å²) >= 11 is 3.49. The highest BCUT2D eigenvalue weighted by atomic mass is 79.9. The number of rotatable bonds is 5. The Bertz CT molecular complexity index is 563. The lowest BCUT2D eigenvalue weighted by atomic mass is 10.2. The monoisotopic (exact) mass is 322 g/mol. The first-order valence-corrected chi connectivity index (χ1v) is 7.17. The van der Waals surface area contributed by atoms with Crippen LogP contribution in [0.1, 0.15) is 18.2 Å². The number of ether oxygens (including phenoxy) is 1. The van der Waals surface area contributed by atoms with E-state index < -0.39 is 0 Å². The number of aryl methyl sites for hydroxylation is 2. The van der Waals surface area contributed by atoms with Crippen molar-refractivity contribution in [1.82, 2.24) is 4.57 Å². The number of halogens is 1. The molecule has 1 aromatic heterocycles. The van der Waals surface area contributed by atoms with Gasteiger partial charge >= 0.3 is 0 Å². The van der Waals surface area contributed by atoms with Gasteiger partial charge in [-0.15, -0.1) is 0 Å². The van der Waals surface area contributed by atoms with Crippen LogP contribution >= 0.6 is 15.9 Å². The molecule has 4 heteroatoms. The van der Waals surface area contributed by atoms with E-state index in [0.29, 0.717) is 0 Å². The smallest absolute Gasteiger partial charge is 0.143 e. The minimum absolute atomic E-state index is 0.791. The third kappa shape index (κ3) is 3.13. The van der Waals surface area contributed by atoms with Gasteiger partial charge in [0.05, 0.1) is 19.3 Å². The van der Waals surface area contributed by atoms with Crippen LogP contribution in [0.3, 0.4) is 0 Å². The minimum Gasteiger partial charge on any atom is -0.495 e. The Morgan fingerprint density at radius 1 is 1.37 bits per heavy atom. The standard InChI is InChI=1S/C15H19BrN2O/c1-4-18-7-5-6-13(18)10-17-15-11(2)8-12(16)9-14(15)19-3/h5-9,17H,4,10H2,1-3H3. The van der Waals surface area contributed by atoms with Gasteiger partial charge in [-0.1, -0.05) is 15.9 Å². The molecule has 1 N–H and O–H groups in total. The van der Waals surface area contributed by atoms with Gasteiger partial charge in [-0.05, 0) is 43.7 Å². The summed E-state index contributed by atoms with van der Waals surface area (Å²) in [5.41, 5.74) is 3.49. The van der Waals surface area contributed by atoms with Crippen LogP contribution in [0.15, 0.2) is 34.9 Å². The van der Waals surface area contributed by atoms with E-state index in [1.807, 2.05) is 6.07 Å². The molecule has 1 heterocycles. The molecule has 0 bridgehead atoms. The lowest BCUT2D eigenvalue weighted by molar-refractivity contribution is 0.416. The number of methoxy groups -OCH3 is 1. The quantitative estimate of drug-likeness (QED) is 0.892. The van der Waals surface area contributed by atoms with Gasteiger partial charge in [-0.25, -0.2) is 0 Å². The van der Waals surface area contributed by atoms with Crippen LogP contribution in [0.25, 0.3) is 0 Å². The summed E-state index contributed by atoms with van der Waals surface area (Å²) in [6.45, 7) is 6.00. The van der Waals surface area contributed by atoms with E-state index in [1.165, 1.54) is 11.3 Å². The van der Waals surface area contributed by atoms with Crippen LogP contribution in [0.5, 0.6) is 5.75 Å². The summed E-state index contributed by atoms with van der Waals surface area (Å²) in [6.07, 6.45) is 2.10. The maximum absolute atomic E-state index is 5.43. The van der Waals surface area contributed by atoms with Crippen LogP contribution in [-0.4, -0.2) is 11.7 Å². The van der Waals surface area contributed by atoms with Crippen molar-refractivity contribution in [2.24, 2.45) is 0 Å². The average Bonchev–Trinajstić information content (AvgIpc) is 2.84. The normalized spacial score (nSPS) is 10.5. The lowest BCUT2D eigenvalue weighted by Gasteiger charge is -2.15. The zero-order chi connectivity index (χ0) is 13.8. The number of aromatic nitrogens is 1. The van der Waals surface area contributed by atoms with Gasteiger partial charge in [0.25, 0.3) is 0 Å². The van der Waals surface area contributed by atoms with Gasteiger partial charge in [-0.2, -0.15) is 0 Å². The molecule has 3 nitrogen and oxygen atoms in total. The van der Waals surface area contributed by atoms with E-state index in [-0.39, 0.29) is 0 Å². The third-order valence-electron chi connectivity index (χ3n) is 3.19. The molecule has 0 fully saturated rings. The van der Waals surface area contributed by atoms with Crippen molar-refractivity contribution in [1.29, 1.82) is 0 Å². The van der Waals surface area contributed by atoms with Gasteiger partial charge < -0.3 is 14.6 Å². The fraction of sp³-hybridized carbons (Fsp3) is 0.333. The van der Waals surface area contributed by atoms with E-state index in [9.17, 15) is 0 Å². The Hall–Kier alpha value is -1.42. The van der Waals surface area contributed by atoms with Crippen molar-refractivity contribution >= 4 is 21.6 Å². The fourth-order valence-electron chi connectivity index (χ4n) is 2.20. The first-order valence-electron chi connectivity index (χ1n) is 6.37. The molecule has 1 aromatic carbocycles. The van der Waals surface area contributed by atoms with Crippen molar-refractivity contribution in [2.75, 3.05) is 12.4 Å². The summed E-state index contributed by atoms with van der Waals surface area (Å²) < 4.78 is 8.70. The van der Waals surface area contributed by atoms with Gasteiger partial charge in [0.15, 0.2) is 0 Å². The molecular formula is C15H19BrN2O. The number of hydrogen-bond donors (Lipinski definition) is 1. The highest BCUT2D eigenvalue weighted by Crippen LogP contribution is 2.32. The van der Waals surface area contributed by atoms with E-state index in [0.717, 1.165) is 29.0 Å². The van der Waals surface area contributed by atoms with Crippen molar-refractivity contribution in [3.63, 3.8) is 0 Å². The number of nitrogens with one attached hydrogen (secondary N) is 1. The van der Waals surface area contributed by atoms with Gasteiger partial charge in [-0.3, -0.25) is 0 Å². The maximum Gasteiger partial charge on any atom is 0.143 e. The summed E-state index contributed by atoms with van der Waals surface area (Å²) in [4.78, 5) is 0. The second kappa shape index (κ2) is 6.15. The molecule has 0 spiro atoms. The van der Waals surface area contributed by atoms with Crippen molar-refractivity contribution in [3.05, 3.63) is 46.2 Å². The highest BCUT2D eigenvalue weighted by Gasteiger charge is 2.08. The van der Waals surface area contributed by atoms with Crippen LogP contribution in [0.2, 0.25) is 0 Å². The average molecular weight is 323 g/mol. The van der Waals surface area contributed by atoms with Crippen molar-refractivity contribution < 1.29 is 4.74 Å². The molecule has 0 saturated carbocycles. The Kier molecular flexibility index (Phi) is 4.53. The van der Waals surface area contributed by atoms with Crippen LogP contribution < -0.4 is 10.1 Å². The predicted octanol–water partition coefficient (Wildman–Crippen LogP) is 4.20. The molecule has 0 unspecified atom stereocenters. The fourth-order valence-corrected chi connectivity index (χ4v) is 2.75. The largest absolute Gasteiger partial charge is 0.495 e. The Balaban J connectivity index is 2.20. The van der Waals surface area contributed by atoms with E-state index in [4.69, 9.17) is 4.74 Å². The number of anilines is 1. The van der Waals surface area contributed by atoms with Crippen molar-refractivity contribution in [2.45, 2.75) is 26.9 Å². The molecule has 0 aliphatic carbocycles. The van der Waals surface area contributed by atoms with Gasteiger partial charge in [0.2, 0.25) is 0 Å².